The minimum atomic E-state index is -2.54. The van der Waals surface area contributed by atoms with E-state index < -0.39 is 7.29 Å². The van der Waals surface area contributed by atoms with Gasteiger partial charge in [0.15, 0.2) is 0 Å². The third kappa shape index (κ3) is 1.89. The molecule has 2 aliphatic rings. The van der Waals surface area contributed by atoms with Crippen molar-refractivity contribution in [2.24, 2.45) is 0 Å². The summed E-state index contributed by atoms with van der Waals surface area (Å²) >= 11 is 0. The molecule has 90 valence electrons. The van der Waals surface area contributed by atoms with Crippen molar-refractivity contribution in [2.75, 3.05) is 12.8 Å². The SMILES string of the molecule is O=P1(c2ccccc2)CCCC2C=CCON21. The number of hydrogen-bond donors (Lipinski definition) is 0. The molecular weight excluding hydrogens is 233 g/mol. The van der Waals surface area contributed by atoms with E-state index in [0.717, 1.165) is 24.3 Å². The molecule has 0 spiro atoms. The molecule has 1 aromatic rings. The zero-order chi connectivity index (χ0) is 11.7. The van der Waals surface area contributed by atoms with E-state index in [1.807, 2.05) is 36.4 Å². The monoisotopic (exact) mass is 249 g/mol. The summed E-state index contributed by atoms with van der Waals surface area (Å²) in [6.07, 6.45) is 6.90. The Balaban J connectivity index is 2.01. The van der Waals surface area contributed by atoms with Crippen molar-refractivity contribution >= 4 is 12.6 Å². The van der Waals surface area contributed by atoms with Crippen molar-refractivity contribution in [3.8, 4) is 0 Å². The van der Waals surface area contributed by atoms with E-state index in [2.05, 4.69) is 6.08 Å². The minimum absolute atomic E-state index is 0.184. The Morgan fingerprint density at radius 3 is 2.94 bits per heavy atom. The van der Waals surface area contributed by atoms with Crippen molar-refractivity contribution in [2.45, 2.75) is 18.9 Å². The van der Waals surface area contributed by atoms with Crippen molar-refractivity contribution in [3.63, 3.8) is 0 Å². The van der Waals surface area contributed by atoms with Crippen LogP contribution >= 0.6 is 7.29 Å². The molecule has 2 aliphatic heterocycles. The first-order chi connectivity index (χ1) is 8.31. The fourth-order valence-corrected chi connectivity index (χ4v) is 5.42. The van der Waals surface area contributed by atoms with Crippen LogP contribution in [0.3, 0.4) is 0 Å². The summed E-state index contributed by atoms with van der Waals surface area (Å²) in [7, 11) is -2.54. The van der Waals surface area contributed by atoms with Gasteiger partial charge in [-0.2, -0.15) is 0 Å². The molecule has 4 heteroatoms. The van der Waals surface area contributed by atoms with Crippen LogP contribution < -0.4 is 5.30 Å². The van der Waals surface area contributed by atoms with Crippen LogP contribution in [0.15, 0.2) is 42.5 Å². The number of rotatable bonds is 1. The highest BCUT2D eigenvalue weighted by atomic mass is 31.2. The molecule has 0 bridgehead atoms. The maximum atomic E-state index is 13.2. The summed E-state index contributed by atoms with van der Waals surface area (Å²) < 4.78 is 13.2. The van der Waals surface area contributed by atoms with E-state index in [4.69, 9.17) is 4.84 Å². The van der Waals surface area contributed by atoms with Gasteiger partial charge in [0, 0.05) is 11.5 Å². The second kappa shape index (κ2) is 4.41. The zero-order valence-electron chi connectivity index (χ0n) is 9.66. The summed E-state index contributed by atoms with van der Waals surface area (Å²) in [5.74, 6) is 0. The third-order valence-corrected chi connectivity index (χ3v) is 6.46. The molecule has 1 saturated heterocycles. The van der Waals surface area contributed by atoms with E-state index in [0.29, 0.717) is 6.61 Å². The maximum absolute atomic E-state index is 13.2. The number of nitrogens with zero attached hydrogens (tertiary/aromatic N) is 1. The van der Waals surface area contributed by atoms with Crippen molar-refractivity contribution in [1.29, 1.82) is 0 Å². The van der Waals surface area contributed by atoms with Gasteiger partial charge in [0.05, 0.1) is 12.6 Å². The second-order valence-electron chi connectivity index (χ2n) is 4.50. The van der Waals surface area contributed by atoms with Gasteiger partial charge in [0.25, 0.3) is 0 Å². The minimum Gasteiger partial charge on any atom is -0.299 e. The lowest BCUT2D eigenvalue weighted by molar-refractivity contribution is -0.104. The Hall–Kier alpha value is -0.890. The number of hydroxylamine groups is 1. The number of fused-ring (bicyclic) bond motifs is 1. The van der Waals surface area contributed by atoms with Crippen molar-refractivity contribution in [3.05, 3.63) is 42.5 Å². The summed E-state index contributed by atoms with van der Waals surface area (Å²) in [6.45, 7) is 0.535. The smallest absolute Gasteiger partial charge is 0.201 e. The van der Waals surface area contributed by atoms with Gasteiger partial charge in [-0.15, -0.1) is 4.83 Å². The van der Waals surface area contributed by atoms with E-state index in [1.54, 1.807) is 4.83 Å². The first-order valence-corrected chi connectivity index (χ1v) is 7.89. The lowest BCUT2D eigenvalue weighted by Gasteiger charge is -2.41. The first kappa shape index (κ1) is 11.2. The van der Waals surface area contributed by atoms with Gasteiger partial charge in [0.2, 0.25) is 7.29 Å². The van der Waals surface area contributed by atoms with Gasteiger partial charge in [0.1, 0.15) is 0 Å². The van der Waals surface area contributed by atoms with Crippen LogP contribution in [0, 0.1) is 0 Å². The molecule has 2 atom stereocenters. The molecule has 0 N–H and O–H groups in total. The summed E-state index contributed by atoms with van der Waals surface area (Å²) in [6, 6.07) is 9.92. The molecule has 1 fully saturated rings. The van der Waals surface area contributed by atoms with Gasteiger partial charge >= 0.3 is 0 Å². The van der Waals surface area contributed by atoms with E-state index >= 15 is 0 Å². The van der Waals surface area contributed by atoms with E-state index in [9.17, 15) is 4.57 Å². The fraction of sp³-hybridized carbons (Fsp3) is 0.385. The normalized spacial score (nSPS) is 33.3. The molecule has 3 nitrogen and oxygen atoms in total. The lowest BCUT2D eigenvalue weighted by Crippen LogP contribution is -2.41. The Kier molecular flexibility index (Phi) is 2.91. The highest BCUT2D eigenvalue weighted by Crippen LogP contribution is 2.55. The highest BCUT2D eigenvalue weighted by Gasteiger charge is 2.41. The molecule has 1 aromatic carbocycles. The molecule has 3 rings (SSSR count). The van der Waals surface area contributed by atoms with Gasteiger partial charge in [-0.05, 0) is 12.8 Å². The zero-order valence-corrected chi connectivity index (χ0v) is 10.6. The predicted molar refractivity (Wildman–Crippen MR) is 68.5 cm³/mol. The van der Waals surface area contributed by atoms with E-state index in [1.165, 1.54) is 0 Å². The van der Waals surface area contributed by atoms with Crippen LogP contribution in [0.4, 0.5) is 0 Å². The van der Waals surface area contributed by atoms with Crippen molar-refractivity contribution in [1.82, 2.24) is 4.83 Å². The number of benzene rings is 1. The average Bonchev–Trinajstić information content (AvgIpc) is 2.40. The largest absolute Gasteiger partial charge is 0.299 e. The van der Waals surface area contributed by atoms with Crippen LogP contribution in [0.25, 0.3) is 0 Å². The molecular formula is C13H16NO2P. The van der Waals surface area contributed by atoms with Gasteiger partial charge < -0.3 is 0 Å². The van der Waals surface area contributed by atoms with E-state index in [-0.39, 0.29) is 6.04 Å². The first-order valence-electron chi connectivity index (χ1n) is 6.05. The molecule has 0 amide bonds. The van der Waals surface area contributed by atoms with Gasteiger partial charge in [-0.25, -0.2) is 0 Å². The molecule has 2 heterocycles. The van der Waals surface area contributed by atoms with Gasteiger partial charge in [-0.1, -0.05) is 42.5 Å². The van der Waals surface area contributed by atoms with Crippen LogP contribution in [0.5, 0.6) is 0 Å². The van der Waals surface area contributed by atoms with Crippen LogP contribution in [-0.4, -0.2) is 23.6 Å². The van der Waals surface area contributed by atoms with Gasteiger partial charge in [-0.3, -0.25) is 9.40 Å². The number of hydrogen-bond acceptors (Lipinski definition) is 2. The van der Waals surface area contributed by atoms with Crippen LogP contribution in [0.2, 0.25) is 0 Å². The fourth-order valence-electron chi connectivity index (χ4n) is 2.56. The summed E-state index contributed by atoms with van der Waals surface area (Å²) in [4.78, 5) is 7.40. The Morgan fingerprint density at radius 2 is 2.12 bits per heavy atom. The summed E-state index contributed by atoms with van der Waals surface area (Å²) in [5.41, 5.74) is 0. The topological polar surface area (TPSA) is 29.5 Å². The Labute approximate surface area is 101 Å². The molecule has 0 aliphatic carbocycles. The van der Waals surface area contributed by atoms with Crippen LogP contribution in [-0.2, 0) is 9.40 Å². The third-order valence-electron chi connectivity index (χ3n) is 3.38. The molecule has 0 radical (unpaired) electrons. The molecule has 17 heavy (non-hydrogen) atoms. The lowest BCUT2D eigenvalue weighted by atomic mass is 10.1. The molecule has 2 unspecified atom stereocenters. The molecule has 0 saturated carbocycles. The Morgan fingerprint density at radius 1 is 1.29 bits per heavy atom. The molecule has 0 aromatic heterocycles. The second-order valence-corrected chi connectivity index (χ2v) is 7.26. The highest BCUT2D eigenvalue weighted by molar-refractivity contribution is 7.69. The predicted octanol–water partition coefficient (Wildman–Crippen LogP) is 2.56. The van der Waals surface area contributed by atoms with Crippen LogP contribution in [0.1, 0.15) is 12.8 Å². The Bertz CT molecular complexity index is 472. The maximum Gasteiger partial charge on any atom is 0.201 e. The van der Waals surface area contributed by atoms with Crippen molar-refractivity contribution < 1.29 is 9.40 Å². The quantitative estimate of drug-likeness (QED) is 0.566. The summed E-state index contributed by atoms with van der Waals surface area (Å²) in [5, 5.41) is 0.917. The standard InChI is InChI=1S/C13H16NO2P/c15-17(13-8-2-1-3-9-13)11-5-7-12-6-4-10-16-14(12)17/h1-4,6,8-9,12H,5,7,10-11H2. The average molecular weight is 249 g/mol.